The molecule has 2 heterocycles. The van der Waals surface area contributed by atoms with Crippen LogP contribution in [-0.4, -0.2) is 36.6 Å². The van der Waals surface area contributed by atoms with E-state index in [9.17, 15) is 4.39 Å². The quantitative estimate of drug-likeness (QED) is 0.913. The van der Waals surface area contributed by atoms with E-state index in [1.54, 1.807) is 18.0 Å². The average Bonchev–Trinajstić information content (AvgIpc) is 2.83. The molecule has 1 fully saturated rings. The number of hydrogen-bond donors (Lipinski definition) is 1. The van der Waals surface area contributed by atoms with Gasteiger partial charge in [0.15, 0.2) is 5.67 Å². The standard InChI is InChI=1S/C10H15BrFN3O/c1-16-5-4-15-9(8(11)6-14-15)10(12)2-3-13-7-10/h6,13H,2-5,7H2,1H3. The van der Waals surface area contributed by atoms with E-state index in [0.717, 1.165) is 4.47 Å². The van der Waals surface area contributed by atoms with Gasteiger partial charge in [-0.05, 0) is 22.5 Å². The third kappa shape index (κ3) is 2.14. The predicted molar refractivity (Wildman–Crippen MR) is 62.1 cm³/mol. The Morgan fingerprint density at radius 3 is 3.19 bits per heavy atom. The summed E-state index contributed by atoms with van der Waals surface area (Å²) >= 11 is 3.36. The first kappa shape index (κ1) is 12.0. The molecule has 1 aromatic rings. The van der Waals surface area contributed by atoms with Crippen molar-refractivity contribution < 1.29 is 9.13 Å². The Bertz CT molecular complexity index is 363. The van der Waals surface area contributed by atoms with E-state index >= 15 is 0 Å². The highest BCUT2D eigenvalue weighted by Gasteiger charge is 2.40. The molecule has 90 valence electrons. The van der Waals surface area contributed by atoms with Crippen molar-refractivity contribution in [1.29, 1.82) is 0 Å². The maximum absolute atomic E-state index is 14.6. The summed E-state index contributed by atoms with van der Waals surface area (Å²) in [5.74, 6) is 0. The fraction of sp³-hybridized carbons (Fsp3) is 0.700. The highest BCUT2D eigenvalue weighted by Crippen LogP contribution is 2.36. The van der Waals surface area contributed by atoms with E-state index in [2.05, 4.69) is 26.3 Å². The third-order valence-electron chi connectivity index (χ3n) is 2.83. The first-order valence-electron chi connectivity index (χ1n) is 5.28. The topological polar surface area (TPSA) is 39.1 Å². The Morgan fingerprint density at radius 1 is 1.75 bits per heavy atom. The Hall–Kier alpha value is -0.460. The van der Waals surface area contributed by atoms with Crippen LogP contribution in [0.1, 0.15) is 12.1 Å². The van der Waals surface area contributed by atoms with Crippen LogP contribution in [0.3, 0.4) is 0 Å². The predicted octanol–water partition coefficient (Wildman–Crippen LogP) is 1.45. The number of methoxy groups -OCH3 is 1. The molecule has 0 aromatic carbocycles. The Balaban J connectivity index is 2.27. The molecule has 1 aromatic heterocycles. The number of alkyl halides is 1. The fourth-order valence-electron chi connectivity index (χ4n) is 2.02. The molecule has 6 heteroatoms. The molecule has 1 aliphatic heterocycles. The van der Waals surface area contributed by atoms with Crippen molar-refractivity contribution in [3.05, 3.63) is 16.4 Å². The van der Waals surface area contributed by atoms with Gasteiger partial charge in [0.2, 0.25) is 0 Å². The molecule has 1 aliphatic rings. The number of nitrogens with zero attached hydrogens (tertiary/aromatic N) is 2. The van der Waals surface area contributed by atoms with Crippen LogP contribution in [0.4, 0.5) is 4.39 Å². The number of ether oxygens (including phenoxy) is 1. The summed E-state index contributed by atoms with van der Waals surface area (Å²) < 4.78 is 22.0. The first-order valence-corrected chi connectivity index (χ1v) is 6.07. The zero-order valence-corrected chi connectivity index (χ0v) is 10.8. The summed E-state index contributed by atoms with van der Waals surface area (Å²) in [4.78, 5) is 0. The maximum atomic E-state index is 14.6. The molecular weight excluding hydrogens is 277 g/mol. The number of hydrogen-bond acceptors (Lipinski definition) is 3. The van der Waals surface area contributed by atoms with Gasteiger partial charge in [0, 0.05) is 20.1 Å². The van der Waals surface area contributed by atoms with Gasteiger partial charge >= 0.3 is 0 Å². The van der Waals surface area contributed by atoms with Crippen LogP contribution >= 0.6 is 15.9 Å². The minimum Gasteiger partial charge on any atom is -0.383 e. The van der Waals surface area contributed by atoms with Crippen LogP contribution < -0.4 is 5.32 Å². The van der Waals surface area contributed by atoms with Crippen LogP contribution in [0.25, 0.3) is 0 Å². The van der Waals surface area contributed by atoms with Crippen LogP contribution in [0.5, 0.6) is 0 Å². The average molecular weight is 292 g/mol. The SMILES string of the molecule is COCCn1ncc(Br)c1C1(F)CCNC1. The van der Waals surface area contributed by atoms with Gasteiger partial charge in [0.1, 0.15) is 0 Å². The van der Waals surface area contributed by atoms with Crippen LogP contribution in [0, 0.1) is 0 Å². The number of nitrogens with one attached hydrogen (secondary N) is 1. The Labute approximate surface area is 102 Å². The minimum absolute atomic E-state index is 0.351. The van der Waals surface area contributed by atoms with Crippen molar-refractivity contribution in [3.63, 3.8) is 0 Å². The first-order chi connectivity index (χ1) is 7.67. The molecule has 0 amide bonds. The smallest absolute Gasteiger partial charge is 0.167 e. The van der Waals surface area contributed by atoms with Gasteiger partial charge in [-0.2, -0.15) is 5.10 Å². The van der Waals surface area contributed by atoms with Crippen LogP contribution in [-0.2, 0) is 17.0 Å². The second kappa shape index (κ2) is 4.81. The van der Waals surface area contributed by atoms with Crippen LogP contribution in [0.15, 0.2) is 10.7 Å². The molecule has 4 nitrogen and oxygen atoms in total. The van der Waals surface area contributed by atoms with Gasteiger partial charge in [0.25, 0.3) is 0 Å². The molecule has 2 rings (SSSR count). The van der Waals surface area contributed by atoms with Gasteiger partial charge in [-0.25, -0.2) is 4.39 Å². The van der Waals surface area contributed by atoms with Crippen molar-refractivity contribution in [2.45, 2.75) is 18.6 Å². The van der Waals surface area contributed by atoms with Gasteiger partial charge in [-0.15, -0.1) is 0 Å². The fourth-order valence-corrected chi connectivity index (χ4v) is 2.67. The van der Waals surface area contributed by atoms with E-state index < -0.39 is 5.67 Å². The Morgan fingerprint density at radius 2 is 2.56 bits per heavy atom. The molecule has 0 bridgehead atoms. The highest BCUT2D eigenvalue weighted by molar-refractivity contribution is 9.10. The largest absolute Gasteiger partial charge is 0.383 e. The molecule has 0 saturated carbocycles. The normalized spacial score (nSPS) is 25.2. The van der Waals surface area contributed by atoms with Gasteiger partial charge < -0.3 is 10.1 Å². The summed E-state index contributed by atoms with van der Waals surface area (Å²) in [6.45, 7) is 2.16. The summed E-state index contributed by atoms with van der Waals surface area (Å²) in [7, 11) is 1.63. The van der Waals surface area contributed by atoms with Crippen molar-refractivity contribution >= 4 is 15.9 Å². The molecule has 0 radical (unpaired) electrons. The van der Waals surface area contributed by atoms with E-state index in [4.69, 9.17) is 4.74 Å². The number of halogens is 2. The molecule has 1 saturated heterocycles. The summed E-state index contributed by atoms with van der Waals surface area (Å²) in [5.41, 5.74) is -0.696. The lowest BCUT2D eigenvalue weighted by molar-refractivity contribution is 0.156. The summed E-state index contributed by atoms with van der Waals surface area (Å²) in [6, 6.07) is 0. The Kier molecular flexibility index (Phi) is 3.61. The molecule has 16 heavy (non-hydrogen) atoms. The zero-order valence-electron chi connectivity index (χ0n) is 9.17. The van der Waals surface area contributed by atoms with Crippen molar-refractivity contribution in [2.24, 2.45) is 0 Å². The van der Waals surface area contributed by atoms with Crippen molar-refractivity contribution in [3.8, 4) is 0 Å². The summed E-state index contributed by atoms with van der Waals surface area (Å²) in [5, 5.41) is 7.21. The number of aromatic nitrogens is 2. The zero-order chi connectivity index (χ0) is 11.6. The van der Waals surface area contributed by atoms with Gasteiger partial charge in [-0.1, -0.05) is 0 Å². The lowest BCUT2D eigenvalue weighted by Gasteiger charge is -2.20. The second-order valence-corrected chi connectivity index (χ2v) is 4.80. The molecule has 0 aliphatic carbocycles. The van der Waals surface area contributed by atoms with Crippen LogP contribution in [0.2, 0.25) is 0 Å². The molecule has 1 N–H and O–H groups in total. The molecule has 1 atom stereocenters. The second-order valence-electron chi connectivity index (χ2n) is 3.95. The summed E-state index contributed by atoms with van der Waals surface area (Å²) in [6.07, 6.45) is 2.13. The third-order valence-corrected chi connectivity index (χ3v) is 3.41. The number of rotatable bonds is 4. The van der Waals surface area contributed by atoms with E-state index in [0.29, 0.717) is 38.4 Å². The highest BCUT2D eigenvalue weighted by atomic mass is 79.9. The van der Waals surface area contributed by atoms with Gasteiger partial charge in [0.05, 0.1) is 29.5 Å². The lowest BCUT2D eigenvalue weighted by Crippen LogP contribution is -2.28. The monoisotopic (exact) mass is 291 g/mol. The van der Waals surface area contributed by atoms with E-state index in [1.807, 2.05) is 0 Å². The maximum Gasteiger partial charge on any atom is 0.167 e. The molecule has 0 spiro atoms. The molecule has 1 unspecified atom stereocenters. The van der Waals surface area contributed by atoms with Crippen molar-refractivity contribution in [2.75, 3.05) is 26.8 Å². The van der Waals surface area contributed by atoms with E-state index in [1.165, 1.54) is 0 Å². The molecular formula is C10H15BrFN3O. The minimum atomic E-state index is -1.32. The lowest BCUT2D eigenvalue weighted by atomic mass is 10.0. The van der Waals surface area contributed by atoms with Gasteiger partial charge in [-0.3, -0.25) is 4.68 Å². The van der Waals surface area contributed by atoms with E-state index in [-0.39, 0.29) is 0 Å². The van der Waals surface area contributed by atoms with Crippen molar-refractivity contribution in [1.82, 2.24) is 15.1 Å².